The molecule has 0 saturated carbocycles. The largest absolute Gasteiger partial charge is 0.353 e. The molecule has 1 heterocycles. The van der Waals surface area contributed by atoms with E-state index in [0.29, 0.717) is 19.6 Å². The van der Waals surface area contributed by atoms with Gasteiger partial charge in [0.25, 0.3) is 0 Å². The Balaban J connectivity index is 1.92. The van der Waals surface area contributed by atoms with Gasteiger partial charge >= 0.3 is 0 Å². The lowest BCUT2D eigenvalue weighted by Gasteiger charge is -2.22. The van der Waals surface area contributed by atoms with Crippen molar-refractivity contribution < 1.29 is 22.5 Å². The SMILES string of the molecule is O=S(CCC1OCCCO1)c1cc(F)ccc1F. The van der Waals surface area contributed by atoms with Gasteiger partial charge in [-0.05, 0) is 24.6 Å². The highest BCUT2D eigenvalue weighted by Gasteiger charge is 2.17. The van der Waals surface area contributed by atoms with E-state index in [0.717, 1.165) is 24.6 Å². The van der Waals surface area contributed by atoms with Crippen molar-refractivity contribution in [1.82, 2.24) is 0 Å². The minimum absolute atomic E-state index is 0.106. The lowest BCUT2D eigenvalue weighted by atomic mass is 10.3. The second-order valence-electron chi connectivity index (χ2n) is 3.94. The molecule has 0 aliphatic carbocycles. The van der Waals surface area contributed by atoms with E-state index in [1.54, 1.807) is 0 Å². The molecule has 6 heteroatoms. The van der Waals surface area contributed by atoms with E-state index in [2.05, 4.69) is 0 Å². The standard InChI is InChI=1S/C12H14F2O3S/c13-9-2-3-10(14)11(8-9)18(15)7-4-12-16-5-1-6-17-12/h2-3,8,12H,1,4-7H2. The van der Waals surface area contributed by atoms with Gasteiger partial charge in [0.15, 0.2) is 6.29 Å². The minimum Gasteiger partial charge on any atom is -0.353 e. The molecule has 1 fully saturated rings. The van der Waals surface area contributed by atoms with Gasteiger partial charge in [0.05, 0.1) is 28.9 Å². The van der Waals surface area contributed by atoms with Crippen molar-refractivity contribution in [2.24, 2.45) is 0 Å². The molecule has 1 aliphatic rings. The maximum atomic E-state index is 13.4. The van der Waals surface area contributed by atoms with Gasteiger partial charge in [0.2, 0.25) is 0 Å². The minimum atomic E-state index is -1.58. The van der Waals surface area contributed by atoms with Crippen LogP contribution in [0.2, 0.25) is 0 Å². The molecule has 2 rings (SSSR count). The summed E-state index contributed by atoms with van der Waals surface area (Å²) in [5.74, 6) is -1.06. The first-order valence-electron chi connectivity index (χ1n) is 5.73. The third kappa shape index (κ3) is 3.57. The molecule has 18 heavy (non-hydrogen) atoms. The molecule has 0 N–H and O–H groups in total. The Bertz CT molecular complexity index is 433. The lowest BCUT2D eigenvalue weighted by molar-refractivity contribution is -0.178. The first-order valence-corrected chi connectivity index (χ1v) is 7.05. The second kappa shape index (κ2) is 6.36. The predicted molar refractivity (Wildman–Crippen MR) is 62.6 cm³/mol. The Morgan fingerprint density at radius 2 is 2.00 bits per heavy atom. The van der Waals surface area contributed by atoms with Crippen LogP contribution >= 0.6 is 0 Å². The molecule has 100 valence electrons. The van der Waals surface area contributed by atoms with Gasteiger partial charge < -0.3 is 9.47 Å². The number of benzene rings is 1. The maximum Gasteiger partial charge on any atom is 0.158 e. The van der Waals surface area contributed by atoms with E-state index in [9.17, 15) is 13.0 Å². The molecular formula is C12H14F2O3S. The molecule has 1 aromatic carbocycles. The van der Waals surface area contributed by atoms with E-state index in [1.165, 1.54) is 0 Å². The normalized spacial score (nSPS) is 18.8. The van der Waals surface area contributed by atoms with E-state index >= 15 is 0 Å². The number of hydrogen-bond acceptors (Lipinski definition) is 3. The van der Waals surface area contributed by atoms with Crippen LogP contribution in [0.1, 0.15) is 12.8 Å². The average Bonchev–Trinajstić information content (AvgIpc) is 2.40. The monoisotopic (exact) mass is 276 g/mol. The van der Waals surface area contributed by atoms with Gasteiger partial charge in [-0.3, -0.25) is 4.21 Å². The van der Waals surface area contributed by atoms with Crippen molar-refractivity contribution in [3.63, 3.8) is 0 Å². The van der Waals surface area contributed by atoms with E-state index in [1.807, 2.05) is 0 Å². The summed E-state index contributed by atoms with van der Waals surface area (Å²) in [7, 11) is -1.58. The fourth-order valence-electron chi connectivity index (χ4n) is 1.67. The van der Waals surface area contributed by atoms with Crippen molar-refractivity contribution in [2.75, 3.05) is 19.0 Å². The predicted octanol–water partition coefficient (Wildman–Crippen LogP) is 2.23. The molecule has 0 aromatic heterocycles. The zero-order chi connectivity index (χ0) is 13.0. The fraction of sp³-hybridized carbons (Fsp3) is 0.500. The Morgan fingerprint density at radius 1 is 1.28 bits per heavy atom. The van der Waals surface area contributed by atoms with E-state index < -0.39 is 22.4 Å². The van der Waals surface area contributed by atoms with Gasteiger partial charge in [0.1, 0.15) is 11.6 Å². The quantitative estimate of drug-likeness (QED) is 0.846. The van der Waals surface area contributed by atoms with Crippen LogP contribution in [0, 0.1) is 11.6 Å². The topological polar surface area (TPSA) is 35.5 Å². The maximum absolute atomic E-state index is 13.4. The number of ether oxygens (including phenoxy) is 2. The average molecular weight is 276 g/mol. The highest BCUT2D eigenvalue weighted by Crippen LogP contribution is 2.16. The van der Waals surface area contributed by atoms with Crippen LogP contribution in [0.25, 0.3) is 0 Å². The molecule has 0 spiro atoms. The first-order chi connectivity index (χ1) is 8.66. The summed E-state index contributed by atoms with van der Waals surface area (Å²) in [6.45, 7) is 1.23. The van der Waals surface area contributed by atoms with Crippen molar-refractivity contribution in [1.29, 1.82) is 0 Å². The molecule has 1 unspecified atom stereocenters. The third-order valence-corrected chi connectivity index (χ3v) is 3.98. The van der Waals surface area contributed by atoms with Crippen LogP contribution in [0.15, 0.2) is 23.1 Å². The van der Waals surface area contributed by atoms with Crippen molar-refractivity contribution in [3.05, 3.63) is 29.8 Å². The second-order valence-corrected chi connectivity index (χ2v) is 5.48. The molecule has 0 amide bonds. The van der Waals surface area contributed by atoms with Crippen LogP contribution in [-0.2, 0) is 20.3 Å². The van der Waals surface area contributed by atoms with Crippen LogP contribution in [0.3, 0.4) is 0 Å². The molecule has 1 aliphatic heterocycles. The van der Waals surface area contributed by atoms with Crippen LogP contribution in [-0.4, -0.2) is 29.5 Å². The molecular weight excluding hydrogens is 262 g/mol. The molecule has 1 saturated heterocycles. The number of hydrogen-bond donors (Lipinski definition) is 0. The van der Waals surface area contributed by atoms with Crippen LogP contribution in [0.4, 0.5) is 8.78 Å². The fourth-order valence-corrected chi connectivity index (χ4v) is 2.82. The summed E-state index contributed by atoms with van der Waals surface area (Å²) in [4.78, 5) is -0.106. The van der Waals surface area contributed by atoms with Gasteiger partial charge in [-0.2, -0.15) is 0 Å². The summed E-state index contributed by atoms with van der Waals surface area (Å²) in [6.07, 6.45) is 0.861. The Hall–Kier alpha value is -0.850. The molecule has 1 atom stereocenters. The number of halogens is 2. The summed E-state index contributed by atoms with van der Waals surface area (Å²) >= 11 is 0. The summed E-state index contributed by atoms with van der Waals surface area (Å²) < 4.78 is 48.8. The zero-order valence-electron chi connectivity index (χ0n) is 9.73. The first kappa shape index (κ1) is 13.6. The summed E-state index contributed by atoms with van der Waals surface area (Å²) in [5, 5.41) is 0. The highest BCUT2D eigenvalue weighted by molar-refractivity contribution is 7.85. The Labute approximate surface area is 107 Å². The zero-order valence-corrected chi connectivity index (χ0v) is 10.6. The van der Waals surface area contributed by atoms with Crippen molar-refractivity contribution in [3.8, 4) is 0 Å². The van der Waals surface area contributed by atoms with Crippen molar-refractivity contribution in [2.45, 2.75) is 24.0 Å². The van der Waals surface area contributed by atoms with Crippen LogP contribution < -0.4 is 0 Å². The lowest BCUT2D eigenvalue weighted by Crippen LogP contribution is -2.26. The molecule has 0 bridgehead atoms. The van der Waals surface area contributed by atoms with E-state index in [-0.39, 0.29) is 16.9 Å². The van der Waals surface area contributed by atoms with E-state index in [4.69, 9.17) is 9.47 Å². The van der Waals surface area contributed by atoms with Gasteiger partial charge in [-0.15, -0.1) is 0 Å². The summed E-state index contributed by atoms with van der Waals surface area (Å²) in [6, 6.07) is 2.95. The Morgan fingerprint density at radius 3 is 2.72 bits per heavy atom. The molecule has 0 radical (unpaired) electrons. The molecule has 1 aromatic rings. The smallest absolute Gasteiger partial charge is 0.158 e. The Kier molecular flexibility index (Phi) is 4.79. The molecule has 3 nitrogen and oxygen atoms in total. The third-order valence-electron chi connectivity index (χ3n) is 2.57. The summed E-state index contributed by atoms with van der Waals surface area (Å²) in [5.41, 5.74) is 0. The van der Waals surface area contributed by atoms with Gasteiger partial charge in [0, 0.05) is 12.2 Å². The van der Waals surface area contributed by atoms with Crippen LogP contribution in [0.5, 0.6) is 0 Å². The number of rotatable bonds is 4. The van der Waals surface area contributed by atoms with Crippen molar-refractivity contribution >= 4 is 10.8 Å². The highest BCUT2D eigenvalue weighted by atomic mass is 32.2. The van der Waals surface area contributed by atoms with Gasteiger partial charge in [-0.25, -0.2) is 8.78 Å². The van der Waals surface area contributed by atoms with Gasteiger partial charge in [-0.1, -0.05) is 0 Å².